The van der Waals surface area contributed by atoms with Crippen LogP contribution in [-0.2, 0) is 4.79 Å². The number of aliphatic carboxylic acids is 1. The highest BCUT2D eigenvalue weighted by molar-refractivity contribution is 6.05. The molecule has 30 heavy (non-hydrogen) atoms. The number of hydrogen-bond donors (Lipinski definition) is 3. The average Bonchev–Trinajstić information content (AvgIpc) is 3.18. The number of amides is 3. The number of urea groups is 1. The number of carboxylic acid groups (broad SMARTS) is 1. The van der Waals surface area contributed by atoms with E-state index in [1.807, 2.05) is 19.0 Å². The van der Waals surface area contributed by atoms with E-state index in [9.17, 15) is 19.5 Å². The third-order valence-electron chi connectivity index (χ3n) is 5.69. The van der Waals surface area contributed by atoms with Gasteiger partial charge < -0.3 is 30.7 Å². The molecule has 1 aromatic carbocycles. The van der Waals surface area contributed by atoms with Gasteiger partial charge in [0.1, 0.15) is 18.4 Å². The van der Waals surface area contributed by atoms with Crippen molar-refractivity contribution in [1.82, 2.24) is 14.4 Å². The van der Waals surface area contributed by atoms with E-state index in [1.165, 1.54) is 15.7 Å². The number of rotatable bonds is 6. The zero-order valence-corrected chi connectivity index (χ0v) is 16.9. The van der Waals surface area contributed by atoms with Gasteiger partial charge in [0.05, 0.1) is 11.2 Å². The van der Waals surface area contributed by atoms with E-state index in [2.05, 4.69) is 5.32 Å². The first-order valence-corrected chi connectivity index (χ1v) is 9.81. The molecule has 2 heterocycles. The number of nitrogens with one attached hydrogen (secondary N) is 1. The summed E-state index contributed by atoms with van der Waals surface area (Å²) in [5.41, 5.74) is 6.38. The van der Waals surface area contributed by atoms with E-state index in [0.29, 0.717) is 35.4 Å². The smallest absolute Gasteiger partial charge is 0.326 e. The minimum atomic E-state index is -1.01. The summed E-state index contributed by atoms with van der Waals surface area (Å²) >= 11 is 0. The van der Waals surface area contributed by atoms with Gasteiger partial charge >= 0.3 is 18.0 Å². The van der Waals surface area contributed by atoms with Crippen molar-refractivity contribution in [2.24, 2.45) is 11.7 Å². The van der Waals surface area contributed by atoms with Crippen molar-refractivity contribution in [3.8, 4) is 5.75 Å². The number of nitrogens with zero attached hydrogens (tertiary/aromatic N) is 3. The molecule has 1 aliphatic heterocycles. The second-order valence-electron chi connectivity index (χ2n) is 8.07. The van der Waals surface area contributed by atoms with Crippen LogP contribution in [0.4, 0.5) is 15.3 Å². The standard InChI is InChI=1S/C20H25N5O5/c1-23(2)5-6-30-12-3-4-15-13(9-12)14(10-24(15)19(21)28)22-20(29)25-16-7-11(16)8-17(25)18(26)27/h3-4,9-11,16-17H,5-8H2,1-2H3,(H2,21,28)(H,22,29)(H,26,27)/t11-,16-,17+/m1/s1. The lowest BCUT2D eigenvalue weighted by atomic mass is 10.2. The van der Waals surface area contributed by atoms with E-state index in [0.717, 1.165) is 13.0 Å². The Morgan fingerprint density at radius 1 is 1.30 bits per heavy atom. The normalized spacial score (nSPS) is 22.2. The molecule has 0 bridgehead atoms. The maximum atomic E-state index is 12.9. The van der Waals surface area contributed by atoms with Crippen LogP contribution in [0, 0.1) is 5.92 Å². The number of anilines is 1. The number of aromatic nitrogens is 1. The molecule has 3 atom stereocenters. The Bertz CT molecular complexity index is 1020. The largest absolute Gasteiger partial charge is 0.492 e. The number of benzene rings is 1. The summed E-state index contributed by atoms with van der Waals surface area (Å²) in [6.07, 6.45) is 2.75. The van der Waals surface area contributed by atoms with Crippen molar-refractivity contribution in [3.63, 3.8) is 0 Å². The fraction of sp³-hybridized carbons (Fsp3) is 0.450. The first-order valence-electron chi connectivity index (χ1n) is 9.81. The molecular formula is C20H25N5O5. The fourth-order valence-electron chi connectivity index (χ4n) is 4.08. The summed E-state index contributed by atoms with van der Waals surface area (Å²) in [5.74, 6) is -0.164. The Morgan fingerprint density at radius 2 is 2.07 bits per heavy atom. The molecular weight excluding hydrogens is 390 g/mol. The number of primary amides is 1. The lowest BCUT2D eigenvalue weighted by molar-refractivity contribution is -0.141. The van der Waals surface area contributed by atoms with Crippen molar-refractivity contribution >= 4 is 34.6 Å². The molecule has 0 unspecified atom stereocenters. The van der Waals surface area contributed by atoms with Gasteiger partial charge in [-0.3, -0.25) is 4.57 Å². The molecule has 4 N–H and O–H groups in total. The van der Waals surface area contributed by atoms with Gasteiger partial charge in [0, 0.05) is 24.2 Å². The van der Waals surface area contributed by atoms with Crippen molar-refractivity contribution in [2.75, 3.05) is 32.6 Å². The minimum Gasteiger partial charge on any atom is -0.492 e. The summed E-state index contributed by atoms with van der Waals surface area (Å²) in [6, 6.07) is 3.12. The number of nitrogens with two attached hydrogens (primary N) is 1. The number of hydrogen-bond acceptors (Lipinski definition) is 5. The Labute approximate surface area is 173 Å². The van der Waals surface area contributed by atoms with Gasteiger partial charge in [-0.15, -0.1) is 0 Å². The molecule has 2 aliphatic rings. The average molecular weight is 415 g/mol. The van der Waals surface area contributed by atoms with Crippen molar-refractivity contribution in [1.29, 1.82) is 0 Å². The monoisotopic (exact) mass is 415 g/mol. The molecule has 1 saturated heterocycles. The molecule has 1 aromatic heterocycles. The lowest BCUT2D eigenvalue weighted by Gasteiger charge is -2.24. The van der Waals surface area contributed by atoms with E-state index in [4.69, 9.17) is 10.5 Å². The van der Waals surface area contributed by atoms with Crippen LogP contribution in [-0.4, -0.2) is 76.8 Å². The summed E-state index contributed by atoms with van der Waals surface area (Å²) < 4.78 is 7.00. The van der Waals surface area contributed by atoms with Gasteiger partial charge in [0.2, 0.25) is 0 Å². The first-order chi connectivity index (χ1) is 14.3. The number of piperidine rings is 1. The number of carboxylic acids is 1. The Kier molecular flexibility index (Phi) is 5.02. The number of fused-ring (bicyclic) bond motifs is 2. The molecule has 1 aliphatic carbocycles. The molecule has 160 valence electrons. The number of carbonyl (C=O) groups is 3. The summed E-state index contributed by atoms with van der Waals surface area (Å²) in [7, 11) is 3.89. The number of ether oxygens (including phenoxy) is 1. The van der Waals surface area contributed by atoms with Gasteiger partial charge in [-0.2, -0.15) is 0 Å². The van der Waals surface area contributed by atoms with Gasteiger partial charge in [-0.25, -0.2) is 14.4 Å². The van der Waals surface area contributed by atoms with E-state index < -0.39 is 24.1 Å². The molecule has 10 heteroatoms. The predicted molar refractivity (Wildman–Crippen MR) is 110 cm³/mol. The topological polar surface area (TPSA) is 130 Å². The molecule has 2 fully saturated rings. The van der Waals surface area contributed by atoms with Crippen LogP contribution in [0.2, 0.25) is 0 Å². The van der Waals surface area contributed by atoms with Crippen LogP contribution < -0.4 is 15.8 Å². The van der Waals surface area contributed by atoms with Crippen LogP contribution in [0.1, 0.15) is 12.8 Å². The highest BCUT2D eigenvalue weighted by Gasteiger charge is 2.56. The molecule has 4 rings (SSSR count). The van der Waals surface area contributed by atoms with E-state index in [-0.39, 0.29) is 12.0 Å². The highest BCUT2D eigenvalue weighted by Crippen LogP contribution is 2.48. The number of carbonyl (C=O) groups excluding carboxylic acids is 2. The molecule has 0 spiro atoms. The molecule has 0 radical (unpaired) electrons. The van der Waals surface area contributed by atoms with Gasteiger partial charge in [0.15, 0.2) is 0 Å². The summed E-state index contributed by atoms with van der Waals surface area (Å²) in [5, 5.41) is 12.8. The third-order valence-corrected chi connectivity index (χ3v) is 5.69. The van der Waals surface area contributed by atoms with Crippen LogP contribution in [0.15, 0.2) is 24.4 Å². The van der Waals surface area contributed by atoms with Crippen molar-refractivity contribution in [3.05, 3.63) is 24.4 Å². The predicted octanol–water partition coefficient (Wildman–Crippen LogP) is 1.59. The Hall–Kier alpha value is -3.27. The van der Waals surface area contributed by atoms with Gasteiger partial charge in [0.25, 0.3) is 0 Å². The molecule has 10 nitrogen and oxygen atoms in total. The maximum absolute atomic E-state index is 12.9. The maximum Gasteiger partial charge on any atom is 0.326 e. The van der Waals surface area contributed by atoms with Crippen LogP contribution in [0.25, 0.3) is 10.9 Å². The molecule has 1 saturated carbocycles. The molecule has 3 amide bonds. The minimum absolute atomic E-state index is 0.0412. The quantitative estimate of drug-likeness (QED) is 0.657. The lowest BCUT2D eigenvalue weighted by Crippen LogP contribution is -2.45. The zero-order valence-electron chi connectivity index (χ0n) is 16.9. The van der Waals surface area contributed by atoms with Crippen molar-refractivity contribution in [2.45, 2.75) is 24.9 Å². The molecule has 2 aromatic rings. The van der Waals surface area contributed by atoms with Crippen LogP contribution >= 0.6 is 0 Å². The summed E-state index contributed by atoms with van der Waals surface area (Å²) in [6.45, 7) is 1.21. The first kappa shape index (κ1) is 20.0. The van der Waals surface area contributed by atoms with Gasteiger partial charge in [-0.1, -0.05) is 0 Å². The SMILES string of the molecule is CN(C)CCOc1ccc2c(c1)c(NC(=O)N1[C@@H]3C[C@@H]3C[C@H]1C(=O)O)cn2C(N)=O. The van der Waals surface area contributed by atoms with Gasteiger partial charge in [-0.05, 0) is 51.1 Å². The Balaban J connectivity index is 1.61. The zero-order chi connectivity index (χ0) is 21.6. The van der Waals surface area contributed by atoms with E-state index in [1.54, 1.807) is 18.2 Å². The van der Waals surface area contributed by atoms with E-state index >= 15 is 0 Å². The highest BCUT2D eigenvalue weighted by atomic mass is 16.5. The number of likely N-dealkylation sites (N-methyl/N-ethyl adjacent to an activating group) is 1. The second kappa shape index (κ2) is 7.52. The number of likely N-dealkylation sites (tertiary alicyclic amines) is 1. The van der Waals surface area contributed by atoms with Crippen LogP contribution in [0.5, 0.6) is 5.75 Å². The van der Waals surface area contributed by atoms with Crippen molar-refractivity contribution < 1.29 is 24.2 Å². The Morgan fingerprint density at radius 3 is 2.73 bits per heavy atom. The summed E-state index contributed by atoms with van der Waals surface area (Å²) in [4.78, 5) is 39.7. The third kappa shape index (κ3) is 3.65. The van der Waals surface area contributed by atoms with Crippen LogP contribution in [0.3, 0.4) is 0 Å². The second-order valence-corrected chi connectivity index (χ2v) is 8.07. The fourth-order valence-corrected chi connectivity index (χ4v) is 4.08.